The van der Waals surface area contributed by atoms with Crippen molar-refractivity contribution in [2.24, 2.45) is 0 Å². The standard InChI is InChI=1S/C22H23NO3/c1-23-14-18(12-16-4-8-20(25-2)9-5-16)22(24)19(15-23)13-17-6-10-21(26-3)11-7-17/h4-13H,14-15H2,1-3H3/b18-12+,19-13?. The first kappa shape index (κ1) is 18.0. The van der Waals surface area contributed by atoms with Crippen LogP contribution in [0, 0.1) is 0 Å². The number of ketones is 1. The van der Waals surface area contributed by atoms with Gasteiger partial charge in [0, 0.05) is 24.2 Å². The molecule has 1 fully saturated rings. The zero-order chi connectivity index (χ0) is 18.5. The summed E-state index contributed by atoms with van der Waals surface area (Å²) in [6.07, 6.45) is 3.92. The molecule has 0 amide bonds. The van der Waals surface area contributed by atoms with E-state index < -0.39 is 0 Å². The number of hydrogen-bond donors (Lipinski definition) is 0. The van der Waals surface area contributed by atoms with Crippen LogP contribution < -0.4 is 9.47 Å². The largest absolute Gasteiger partial charge is 0.497 e. The second-order valence-electron chi connectivity index (χ2n) is 6.39. The number of benzene rings is 2. The Morgan fingerprint density at radius 1 is 0.769 bits per heavy atom. The van der Waals surface area contributed by atoms with Crippen LogP contribution in [0.2, 0.25) is 0 Å². The summed E-state index contributed by atoms with van der Waals surface area (Å²) in [7, 11) is 5.31. The number of likely N-dealkylation sites (tertiary alicyclic amines) is 1. The van der Waals surface area contributed by atoms with Crippen molar-refractivity contribution >= 4 is 17.9 Å². The predicted molar refractivity (Wildman–Crippen MR) is 104 cm³/mol. The lowest BCUT2D eigenvalue weighted by Crippen LogP contribution is -2.34. The minimum atomic E-state index is 0.106. The third kappa shape index (κ3) is 4.21. The molecule has 134 valence electrons. The molecule has 0 unspecified atom stereocenters. The van der Waals surface area contributed by atoms with E-state index in [1.807, 2.05) is 67.7 Å². The summed E-state index contributed by atoms with van der Waals surface area (Å²) in [5.41, 5.74) is 3.58. The van der Waals surface area contributed by atoms with Crippen molar-refractivity contribution in [3.63, 3.8) is 0 Å². The Labute approximate surface area is 154 Å². The third-order valence-corrected chi connectivity index (χ3v) is 4.38. The molecule has 0 N–H and O–H groups in total. The van der Waals surface area contributed by atoms with E-state index in [9.17, 15) is 4.79 Å². The summed E-state index contributed by atoms with van der Waals surface area (Å²) in [5, 5.41) is 0. The second-order valence-corrected chi connectivity index (χ2v) is 6.39. The minimum Gasteiger partial charge on any atom is -0.497 e. The van der Waals surface area contributed by atoms with E-state index >= 15 is 0 Å². The normalized spacial score (nSPS) is 18.3. The minimum absolute atomic E-state index is 0.106. The Kier molecular flexibility index (Phi) is 5.54. The summed E-state index contributed by atoms with van der Waals surface area (Å²) in [4.78, 5) is 15.1. The monoisotopic (exact) mass is 349 g/mol. The lowest BCUT2D eigenvalue weighted by atomic mass is 9.94. The number of methoxy groups -OCH3 is 2. The molecule has 0 aliphatic carbocycles. The van der Waals surface area contributed by atoms with Gasteiger partial charge in [0.05, 0.1) is 14.2 Å². The first-order valence-corrected chi connectivity index (χ1v) is 8.51. The zero-order valence-corrected chi connectivity index (χ0v) is 15.4. The molecule has 2 aromatic carbocycles. The van der Waals surface area contributed by atoms with Crippen molar-refractivity contribution in [2.45, 2.75) is 0 Å². The molecule has 1 aliphatic rings. The van der Waals surface area contributed by atoms with Crippen LogP contribution in [-0.2, 0) is 4.79 Å². The lowest BCUT2D eigenvalue weighted by Gasteiger charge is -2.26. The maximum Gasteiger partial charge on any atom is 0.187 e. The van der Waals surface area contributed by atoms with Crippen LogP contribution in [0.4, 0.5) is 0 Å². The van der Waals surface area contributed by atoms with Gasteiger partial charge >= 0.3 is 0 Å². The maximum atomic E-state index is 12.9. The third-order valence-electron chi connectivity index (χ3n) is 4.38. The Bertz CT molecular complexity index is 763. The number of piperidine rings is 1. The van der Waals surface area contributed by atoms with Gasteiger partial charge in [-0.15, -0.1) is 0 Å². The first-order valence-electron chi connectivity index (χ1n) is 8.51. The molecule has 3 rings (SSSR count). The van der Waals surface area contributed by atoms with Gasteiger partial charge < -0.3 is 9.47 Å². The average molecular weight is 349 g/mol. The number of nitrogens with zero attached hydrogens (tertiary/aromatic N) is 1. The van der Waals surface area contributed by atoms with Crippen molar-refractivity contribution < 1.29 is 14.3 Å². The van der Waals surface area contributed by atoms with E-state index in [0.717, 1.165) is 33.8 Å². The Balaban J connectivity index is 1.86. The first-order chi connectivity index (χ1) is 12.6. The zero-order valence-electron chi connectivity index (χ0n) is 15.4. The van der Waals surface area contributed by atoms with Gasteiger partial charge in [-0.1, -0.05) is 24.3 Å². The Morgan fingerprint density at radius 3 is 1.50 bits per heavy atom. The topological polar surface area (TPSA) is 38.8 Å². The second kappa shape index (κ2) is 8.02. The van der Waals surface area contributed by atoms with Gasteiger partial charge in [0.15, 0.2) is 5.78 Å². The average Bonchev–Trinajstić information content (AvgIpc) is 2.66. The summed E-state index contributed by atoms with van der Waals surface area (Å²) in [5.74, 6) is 1.72. The van der Waals surface area contributed by atoms with Crippen LogP contribution >= 0.6 is 0 Å². The number of carbonyl (C=O) groups excluding carboxylic acids is 1. The highest BCUT2D eigenvalue weighted by Gasteiger charge is 2.23. The molecule has 0 spiro atoms. The van der Waals surface area contributed by atoms with E-state index in [4.69, 9.17) is 9.47 Å². The van der Waals surface area contributed by atoms with Gasteiger partial charge in [0.1, 0.15) is 11.5 Å². The van der Waals surface area contributed by atoms with Gasteiger partial charge in [0.2, 0.25) is 0 Å². The lowest BCUT2D eigenvalue weighted by molar-refractivity contribution is -0.113. The molecule has 0 bridgehead atoms. The van der Waals surface area contributed by atoms with Gasteiger partial charge in [-0.2, -0.15) is 0 Å². The maximum absolute atomic E-state index is 12.9. The summed E-state index contributed by atoms with van der Waals surface area (Å²) in [6.45, 7) is 1.29. The highest BCUT2D eigenvalue weighted by atomic mass is 16.5. The molecule has 4 nitrogen and oxygen atoms in total. The van der Waals surface area contributed by atoms with E-state index in [1.54, 1.807) is 14.2 Å². The molecule has 1 heterocycles. The van der Waals surface area contributed by atoms with Crippen LogP contribution in [0.3, 0.4) is 0 Å². The van der Waals surface area contributed by atoms with Gasteiger partial charge in [-0.25, -0.2) is 0 Å². The van der Waals surface area contributed by atoms with Gasteiger partial charge in [-0.05, 0) is 54.6 Å². The van der Waals surface area contributed by atoms with Crippen molar-refractivity contribution in [1.29, 1.82) is 0 Å². The Morgan fingerprint density at radius 2 is 1.15 bits per heavy atom. The number of ether oxygens (including phenoxy) is 2. The van der Waals surface area contributed by atoms with Crippen molar-refractivity contribution in [3.8, 4) is 11.5 Å². The van der Waals surface area contributed by atoms with Crippen molar-refractivity contribution in [2.75, 3.05) is 34.4 Å². The number of likely N-dealkylation sites (N-methyl/N-ethyl adjacent to an activating group) is 1. The molecule has 4 heteroatoms. The highest BCUT2D eigenvalue weighted by molar-refractivity contribution is 6.14. The molecule has 0 aromatic heterocycles. The summed E-state index contributed by atoms with van der Waals surface area (Å²) in [6, 6.07) is 15.4. The van der Waals surface area contributed by atoms with Crippen molar-refractivity contribution in [3.05, 3.63) is 70.8 Å². The summed E-state index contributed by atoms with van der Waals surface area (Å²) < 4.78 is 10.4. The molecular formula is C22H23NO3. The molecule has 0 radical (unpaired) electrons. The van der Waals surface area contributed by atoms with E-state index in [2.05, 4.69) is 4.90 Å². The van der Waals surface area contributed by atoms with Gasteiger partial charge in [0.25, 0.3) is 0 Å². The van der Waals surface area contributed by atoms with Crippen LogP contribution in [-0.4, -0.2) is 45.0 Å². The van der Waals surface area contributed by atoms with Gasteiger partial charge in [-0.3, -0.25) is 9.69 Å². The van der Waals surface area contributed by atoms with E-state index in [-0.39, 0.29) is 5.78 Å². The molecule has 1 saturated heterocycles. The molecule has 0 atom stereocenters. The Hall–Kier alpha value is -2.85. The number of rotatable bonds is 4. The molecular weight excluding hydrogens is 326 g/mol. The summed E-state index contributed by atoms with van der Waals surface area (Å²) >= 11 is 0. The predicted octanol–water partition coefficient (Wildman–Crippen LogP) is 3.69. The van der Waals surface area contributed by atoms with Crippen LogP contribution in [0.5, 0.6) is 11.5 Å². The fourth-order valence-electron chi connectivity index (χ4n) is 3.01. The van der Waals surface area contributed by atoms with E-state index in [1.165, 1.54) is 0 Å². The number of hydrogen-bond acceptors (Lipinski definition) is 4. The highest BCUT2D eigenvalue weighted by Crippen LogP contribution is 2.23. The smallest absolute Gasteiger partial charge is 0.187 e. The molecule has 26 heavy (non-hydrogen) atoms. The van der Waals surface area contributed by atoms with Crippen LogP contribution in [0.1, 0.15) is 11.1 Å². The SMILES string of the molecule is COc1ccc(C=C2CN(C)C/C(=C\c3ccc(OC)cc3)C2=O)cc1. The molecule has 2 aromatic rings. The quantitative estimate of drug-likeness (QED) is 0.789. The van der Waals surface area contributed by atoms with Crippen LogP contribution in [0.25, 0.3) is 12.2 Å². The van der Waals surface area contributed by atoms with Crippen molar-refractivity contribution in [1.82, 2.24) is 4.90 Å². The number of carbonyl (C=O) groups is 1. The molecule has 0 saturated carbocycles. The fraction of sp³-hybridized carbons (Fsp3) is 0.227. The van der Waals surface area contributed by atoms with Crippen LogP contribution in [0.15, 0.2) is 59.7 Å². The number of Topliss-reactive ketones (excluding diaryl/α,β-unsaturated/α-hetero) is 1. The molecule has 1 aliphatic heterocycles. The van der Waals surface area contributed by atoms with E-state index in [0.29, 0.717) is 13.1 Å². The fourth-order valence-corrected chi connectivity index (χ4v) is 3.01.